The summed E-state index contributed by atoms with van der Waals surface area (Å²) in [5.74, 6) is 0. The maximum Gasteiger partial charge on any atom is 0.204 e. The van der Waals surface area contributed by atoms with Crippen molar-refractivity contribution in [2.45, 2.75) is 19.3 Å². The number of primary amides is 1. The molecule has 3 nitrogen and oxygen atoms in total. The third-order valence-corrected chi connectivity index (χ3v) is 3.45. The lowest BCUT2D eigenvalue weighted by Gasteiger charge is -2.29. The summed E-state index contributed by atoms with van der Waals surface area (Å²) in [6, 6.07) is 15.4. The van der Waals surface area contributed by atoms with Gasteiger partial charge in [0, 0.05) is 18.8 Å². The number of hydrogen-bond acceptors (Lipinski definition) is 2. The van der Waals surface area contributed by atoms with E-state index in [0.29, 0.717) is 0 Å². The number of amides is 1. The molecule has 1 saturated heterocycles. The fourth-order valence-electron chi connectivity index (χ4n) is 2.53. The lowest BCUT2D eigenvalue weighted by molar-refractivity contribution is -0.106. The van der Waals surface area contributed by atoms with E-state index in [1.165, 1.54) is 48.8 Å². The molecule has 1 aliphatic rings. The summed E-state index contributed by atoms with van der Waals surface area (Å²) < 4.78 is 0. The molecule has 0 atom stereocenters. The topological polar surface area (TPSA) is 46.3 Å². The molecule has 1 heterocycles. The van der Waals surface area contributed by atoms with Gasteiger partial charge in [-0.3, -0.25) is 4.79 Å². The van der Waals surface area contributed by atoms with Crippen molar-refractivity contribution in [2.75, 3.05) is 18.0 Å². The molecule has 3 heteroatoms. The molecular formula is C16H20N2O. The van der Waals surface area contributed by atoms with Crippen LogP contribution in [0.2, 0.25) is 0 Å². The average molecular weight is 256 g/mol. The van der Waals surface area contributed by atoms with Crippen molar-refractivity contribution in [3.63, 3.8) is 0 Å². The molecule has 2 N–H and O–H groups in total. The second kappa shape index (κ2) is 6.78. The predicted octanol–water partition coefficient (Wildman–Crippen LogP) is 2.93. The van der Waals surface area contributed by atoms with Crippen molar-refractivity contribution >= 4 is 22.9 Å². The van der Waals surface area contributed by atoms with Crippen LogP contribution in [0.15, 0.2) is 42.5 Å². The third kappa shape index (κ3) is 3.47. The zero-order valence-electron chi connectivity index (χ0n) is 11.1. The maximum atomic E-state index is 8.58. The summed E-state index contributed by atoms with van der Waals surface area (Å²) in [7, 11) is 0. The number of fused-ring (bicyclic) bond motifs is 1. The summed E-state index contributed by atoms with van der Waals surface area (Å²) >= 11 is 0. The Hall–Kier alpha value is -2.03. The Labute approximate surface area is 114 Å². The van der Waals surface area contributed by atoms with E-state index >= 15 is 0 Å². The number of benzene rings is 2. The van der Waals surface area contributed by atoms with Gasteiger partial charge in [0.05, 0.1) is 0 Å². The molecule has 3 rings (SSSR count). The molecule has 1 fully saturated rings. The van der Waals surface area contributed by atoms with E-state index < -0.39 is 0 Å². The van der Waals surface area contributed by atoms with Crippen molar-refractivity contribution in [3.8, 4) is 0 Å². The fraction of sp³-hybridized carbons (Fsp3) is 0.312. The molecule has 1 aliphatic heterocycles. The van der Waals surface area contributed by atoms with Crippen LogP contribution < -0.4 is 10.6 Å². The molecule has 19 heavy (non-hydrogen) atoms. The number of rotatable bonds is 1. The minimum absolute atomic E-state index is 0.250. The van der Waals surface area contributed by atoms with E-state index in [2.05, 4.69) is 53.1 Å². The Morgan fingerprint density at radius 1 is 0.947 bits per heavy atom. The largest absolute Gasteiger partial charge is 0.372 e. The quantitative estimate of drug-likeness (QED) is 0.797. The standard InChI is InChI=1S/C15H17N.CH3NO/c1-4-10-16(11-5-1)15-9-8-13-6-2-3-7-14(13)12-15;2-1-3/h2-3,6-9,12H,1,4-5,10-11H2;1H,(H2,2,3). The van der Waals surface area contributed by atoms with E-state index in [-0.39, 0.29) is 6.41 Å². The van der Waals surface area contributed by atoms with Crippen LogP contribution in [0, 0.1) is 0 Å². The Balaban J connectivity index is 0.000000408. The van der Waals surface area contributed by atoms with Gasteiger partial charge in [0.15, 0.2) is 0 Å². The summed E-state index contributed by atoms with van der Waals surface area (Å²) in [5, 5.41) is 2.69. The lowest BCUT2D eigenvalue weighted by Crippen LogP contribution is -2.29. The molecule has 2 aromatic carbocycles. The molecule has 100 valence electrons. The summed E-state index contributed by atoms with van der Waals surface area (Å²) in [4.78, 5) is 11.1. The number of carbonyl (C=O) groups is 1. The first-order chi connectivity index (χ1) is 9.35. The van der Waals surface area contributed by atoms with Gasteiger partial charge >= 0.3 is 0 Å². The van der Waals surface area contributed by atoms with E-state index in [9.17, 15) is 0 Å². The van der Waals surface area contributed by atoms with Crippen LogP contribution >= 0.6 is 0 Å². The van der Waals surface area contributed by atoms with Crippen molar-refractivity contribution in [3.05, 3.63) is 42.5 Å². The molecule has 0 bridgehead atoms. The van der Waals surface area contributed by atoms with Gasteiger partial charge in [-0.05, 0) is 42.2 Å². The van der Waals surface area contributed by atoms with Crippen molar-refractivity contribution in [2.24, 2.45) is 5.73 Å². The molecular weight excluding hydrogens is 236 g/mol. The molecule has 0 saturated carbocycles. The zero-order valence-corrected chi connectivity index (χ0v) is 11.1. The summed E-state index contributed by atoms with van der Waals surface area (Å²) in [5.41, 5.74) is 5.55. The number of anilines is 1. The smallest absolute Gasteiger partial charge is 0.204 e. The van der Waals surface area contributed by atoms with Crippen LogP contribution in [0.25, 0.3) is 10.8 Å². The first kappa shape index (κ1) is 13.4. The highest BCUT2D eigenvalue weighted by Gasteiger charge is 2.10. The second-order valence-corrected chi connectivity index (χ2v) is 4.72. The monoisotopic (exact) mass is 256 g/mol. The van der Waals surface area contributed by atoms with Crippen LogP contribution in [0.5, 0.6) is 0 Å². The van der Waals surface area contributed by atoms with Gasteiger partial charge in [-0.15, -0.1) is 0 Å². The van der Waals surface area contributed by atoms with Crippen LogP contribution in [0.4, 0.5) is 5.69 Å². The Kier molecular flexibility index (Phi) is 4.78. The Morgan fingerprint density at radius 2 is 1.58 bits per heavy atom. The zero-order chi connectivity index (χ0) is 13.5. The van der Waals surface area contributed by atoms with Gasteiger partial charge in [0.25, 0.3) is 0 Å². The summed E-state index contributed by atoms with van der Waals surface area (Å²) in [6.45, 7) is 2.44. The van der Waals surface area contributed by atoms with Gasteiger partial charge < -0.3 is 10.6 Å². The molecule has 0 aliphatic carbocycles. The molecule has 0 spiro atoms. The number of hydrogen-bond donors (Lipinski definition) is 1. The van der Waals surface area contributed by atoms with Crippen LogP contribution in [-0.4, -0.2) is 19.5 Å². The normalized spacial score (nSPS) is 14.6. The molecule has 0 radical (unpaired) electrons. The van der Waals surface area contributed by atoms with E-state index in [4.69, 9.17) is 4.79 Å². The van der Waals surface area contributed by atoms with Gasteiger partial charge in [-0.25, -0.2) is 0 Å². The maximum absolute atomic E-state index is 8.58. The molecule has 0 unspecified atom stereocenters. The van der Waals surface area contributed by atoms with E-state index in [1.807, 2.05) is 0 Å². The van der Waals surface area contributed by atoms with Gasteiger partial charge in [0.1, 0.15) is 0 Å². The number of nitrogens with two attached hydrogens (primary N) is 1. The summed E-state index contributed by atoms with van der Waals surface area (Å²) in [6.07, 6.45) is 4.32. The van der Waals surface area contributed by atoms with Crippen molar-refractivity contribution in [1.82, 2.24) is 0 Å². The second-order valence-electron chi connectivity index (χ2n) is 4.72. The minimum Gasteiger partial charge on any atom is -0.372 e. The van der Waals surface area contributed by atoms with E-state index in [1.54, 1.807) is 0 Å². The highest BCUT2D eigenvalue weighted by Crippen LogP contribution is 2.24. The van der Waals surface area contributed by atoms with Crippen LogP contribution in [-0.2, 0) is 4.79 Å². The van der Waals surface area contributed by atoms with E-state index in [0.717, 1.165) is 0 Å². The van der Waals surface area contributed by atoms with Gasteiger partial charge in [-0.1, -0.05) is 30.3 Å². The first-order valence-corrected chi connectivity index (χ1v) is 6.74. The SMILES string of the molecule is NC=O.c1ccc2cc(N3CCCCC3)ccc2c1. The number of piperidine rings is 1. The Bertz CT molecular complexity index is 533. The van der Waals surface area contributed by atoms with Crippen molar-refractivity contribution in [1.29, 1.82) is 0 Å². The highest BCUT2D eigenvalue weighted by atomic mass is 16.1. The predicted molar refractivity (Wildman–Crippen MR) is 80.3 cm³/mol. The van der Waals surface area contributed by atoms with Crippen molar-refractivity contribution < 1.29 is 4.79 Å². The number of carbonyl (C=O) groups excluding carboxylic acids is 1. The third-order valence-electron chi connectivity index (χ3n) is 3.45. The number of nitrogens with zero attached hydrogens (tertiary/aromatic N) is 1. The highest BCUT2D eigenvalue weighted by molar-refractivity contribution is 5.85. The molecule has 2 aromatic rings. The molecule has 1 amide bonds. The molecule has 0 aromatic heterocycles. The lowest BCUT2D eigenvalue weighted by atomic mass is 10.1. The fourth-order valence-corrected chi connectivity index (χ4v) is 2.53. The minimum atomic E-state index is 0.250. The van der Waals surface area contributed by atoms with Crippen LogP contribution in [0.1, 0.15) is 19.3 Å². The van der Waals surface area contributed by atoms with Crippen LogP contribution in [0.3, 0.4) is 0 Å². The Morgan fingerprint density at radius 3 is 2.26 bits per heavy atom. The van der Waals surface area contributed by atoms with Gasteiger partial charge in [-0.2, -0.15) is 0 Å². The average Bonchev–Trinajstić information content (AvgIpc) is 2.48. The van der Waals surface area contributed by atoms with Gasteiger partial charge in [0.2, 0.25) is 6.41 Å². The first-order valence-electron chi connectivity index (χ1n) is 6.74.